The fourth-order valence-electron chi connectivity index (χ4n) is 6.62. The molecule has 394 valence electrons. The van der Waals surface area contributed by atoms with Crippen molar-refractivity contribution in [1.29, 1.82) is 0 Å². The van der Waals surface area contributed by atoms with Crippen LogP contribution in [0.2, 0.25) is 0 Å². The molecule has 0 fully saturated rings. The van der Waals surface area contributed by atoms with E-state index in [1.807, 2.05) is 0 Å². The molecule has 0 aliphatic heterocycles. The van der Waals surface area contributed by atoms with Gasteiger partial charge in [-0.15, -0.1) is 5.10 Å². The lowest BCUT2D eigenvalue weighted by atomic mass is 9.91. The SMILES string of the molecule is CC(C)(C)C(=O)COCCOCCNC(=O)CC[C@H](NC(=O)CC[C@H](NC(=O)CCCNC(=O)CCCS(=O)(=O)NC(=O)CCCCCCCCCCCCCCCc1nnn[nH]1)C(=O)O)C(=O)O. The van der Waals surface area contributed by atoms with Gasteiger partial charge in [-0.1, -0.05) is 91.4 Å². The Morgan fingerprint density at radius 3 is 1.61 bits per heavy atom. The molecular weight excluding hydrogens is 923 g/mol. The first-order valence-corrected chi connectivity index (χ1v) is 26.0. The number of aromatic amines is 1. The molecule has 69 heavy (non-hydrogen) atoms. The van der Waals surface area contributed by atoms with Gasteiger partial charge in [0.15, 0.2) is 5.78 Å². The molecule has 1 rings (SSSR count). The molecule has 1 aromatic heterocycles. The third kappa shape index (κ3) is 34.8. The van der Waals surface area contributed by atoms with Gasteiger partial charge in [-0.25, -0.2) is 23.1 Å². The minimum Gasteiger partial charge on any atom is -0.480 e. The largest absolute Gasteiger partial charge is 0.480 e. The summed E-state index contributed by atoms with van der Waals surface area (Å²) in [6, 6.07) is -2.90. The summed E-state index contributed by atoms with van der Waals surface area (Å²) in [6.45, 7) is 6.06. The van der Waals surface area contributed by atoms with Crippen molar-refractivity contribution in [2.24, 2.45) is 5.41 Å². The summed E-state index contributed by atoms with van der Waals surface area (Å²) in [5.41, 5.74) is -0.503. The van der Waals surface area contributed by atoms with Crippen molar-refractivity contribution in [3.8, 4) is 0 Å². The summed E-state index contributed by atoms with van der Waals surface area (Å²) >= 11 is 0. The van der Waals surface area contributed by atoms with Crippen LogP contribution in [0.15, 0.2) is 0 Å². The number of carboxylic acid groups (broad SMARTS) is 2. The number of amides is 5. The third-order valence-corrected chi connectivity index (χ3v) is 12.2. The van der Waals surface area contributed by atoms with Crippen molar-refractivity contribution in [3.63, 3.8) is 0 Å². The number of carbonyl (C=O) groups is 8. The lowest BCUT2D eigenvalue weighted by Crippen LogP contribution is -2.44. The van der Waals surface area contributed by atoms with Crippen molar-refractivity contribution >= 4 is 57.3 Å². The van der Waals surface area contributed by atoms with Gasteiger partial charge >= 0.3 is 11.9 Å². The van der Waals surface area contributed by atoms with E-state index in [9.17, 15) is 57.0 Å². The standard InChI is InChI=1S/C45H79N9O14S/c1-45(2,3)36(55)33-68-31-30-67-29-28-47-39(57)25-23-34(43(61)62)49-41(59)26-24-35(44(63)64)48-40(58)21-17-27-46-38(56)22-18-32-69(65,66)52-42(60)20-16-14-12-10-8-6-4-5-7-9-11-13-15-19-37-50-53-54-51-37/h34-35H,4-33H2,1-3H3,(H,46,56)(H,47,57)(H,48,58)(H,49,59)(H,52,60)(H,61,62)(H,63,64)(H,50,51,53,54)/t34-,35-/m0/s1. The van der Waals surface area contributed by atoms with Gasteiger partial charge in [-0.05, 0) is 49.0 Å². The van der Waals surface area contributed by atoms with E-state index >= 15 is 0 Å². The number of ketones is 1. The average molecular weight is 1000 g/mol. The molecule has 0 aromatic carbocycles. The van der Waals surface area contributed by atoms with Gasteiger partial charge in [-0.2, -0.15) is 0 Å². The van der Waals surface area contributed by atoms with Gasteiger partial charge < -0.3 is 41.0 Å². The minimum atomic E-state index is -3.91. The highest BCUT2D eigenvalue weighted by Gasteiger charge is 2.25. The number of carbonyl (C=O) groups excluding carboxylic acids is 6. The maximum Gasteiger partial charge on any atom is 0.326 e. The quantitative estimate of drug-likeness (QED) is 0.0436. The van der Waals surface area contributed by atoms with Gasteiger partial charge in [0.25, 0.3) is 0 Å². The van der Waals surface area contributed by atoms with Crippen LogP contribution in [-0.2, 0) is 64.3 Å². The number of carboxylic acids is 2. The topological polar surface area (TPSA) is 344 Å². The van der Waals surface area contributed by atoms with Crippen LogP contribution in [0, 0.1) is 5.41 Å². The van der Waals surface area contributed by atoms with Crippen molar-refractivity contribution < 1.29 is 66.5 Å². The van der Waals surface area contributed by atoms with Crippen LogP contribution in [0.1, 0.15) is 168 Å². The number of H-pyrrole nitrogens is 1. The zero-order valence-electron chi connectivity index (χ0n) is 40.9. The highest BCUT2D eigenvalue weighted by Crippen LogP contribution is 2.15. The normalized spacial score (nSPS) is 12.4. The van der Waals surface area contributed by atoms with Crippen LogP contribution in [0.3, 0.4) is 0 Å². The molecule has 5 amide bonds. The summed E-state index contributed by atoms with van der Waals surface area (Å²) in [5, 5.41) is 42.6. The van der Waals surface area contributed by atoms with E-state index in [1.54, 1.807) is 20.8 Å². The van der Waals surface area contributed by atoms with Crippen molar-refractivity contribution in [3.05, 3.63) is 5.82 Å². The second kappa shape index (κ2) is 36.8. The highest BCUT2D eigenvalue weighted by molar-refractivity contribution is 7.90. The zero-order chi connectivity index (χ0) is 51.3. The van der Waals surface area contributed by atoms with Gasteiger partial charge in [0.2, 0.25) is 39.6 Å². The van der Waals surface area contributed by atoms with Crippen molar-refractivity contribution in [1.82, 2.24) is 46.6 Å². The number of hydrogen-bond acceptors (Lipinski definition) is 15. The van der Waals surface area contributed by atoms with Gasteiger partial charge in [0.1, 0.15) is 24.5 Å². The summed E-state index contributed by atoms with van der Waals surface area (Å²) in [7, 11) is -3.91. The molecule has 0 aliphatic carbocycles. The Labute approximate surface area is 406 Å². The molecule has 0 saturated carbocycles. The second-order valence-electron chi connectivity index (χ2n) is 18.0. The Kier molecular flexibility index (Phi) is 33.0. The monoisotopic (exact) mass is 1000 g/mol. The summed E-state index contributed by atoms with van der Waals surface area (Å²) in [5.74, 6) is -5.44. The number of aromatic nitrogens is 4. The maximum absolute atomic E-state index is 12.5. The number of tetrazole rings is 1. The van der Waals surface area contributed by atoms with Crippen LogP contribution in [0.4, 0.5) is 0 Å². The van der Waals surface area contributed by atoms with Gasteiger partial charge in [0, 0.05) is 57.0 Å². The Morgan fingerprint density at radius 2 is 1.06 bits per heavy atom. The number of hydrogen-bond donors (Lipinski definition) is 8. The smallest absolute Gasteiger partial charge is 0.326 e. The molecular formula is C45H79N9O14S. The van der Waals surface area contributed by atoms with E-state index in [0.29, 0.717) is 6.42 Å². The Hall–Kier alpha value is -5.10. The van der Waals surface area contributed by atoms with Crippen LogP contribution in [0.5, 0.6) is 0 Å². The Morgan fingerprint density at radius 1 is 0.580 bits per heavy atom. The first kappa shape index (κ1) is 61.9. The molecule has 0 unspecified atom stereocenters. The fraction of sp³-hybridized carbons (Fsp3) is 0.800. The number of sulfonamides is 1. The fourth-order valence-corrected chi connectivity index (χ4v) is 7.70. The van der Waals surface area contributed by atoms with Crippen LogP contribution >= 0.6 is 0 Å². The van der Waals surface area contributed by atoms with E-state index in [1.165, 1.54) is 44.9 Å². The molecule has 0 saturated heterocycles. The Bertz CT molecular complexity index is 1790. The second-order valence-corrected chi connectivity index (χ2v) is 19.9. The number of aliphatic carboxylic acids is 2. The third-order valence-electron chi connectivity index (χ3n) is 10.8. The first-order valence-electron chi connectivity index (χ1n) is 24.3. The summed E-state index contributed by atoms with van der Waals surface area (Å²) in [4.78, 5) is 96.8. The molecule has 2 atom stereocenters. The number of unbranched alkanes of at least 4 members (excludes halogenated alkanes) is 12. The van der Waals surface area contributed by atoms with E-state index in [-0.39, 0.29) is 96.7 Å². The van der Waals surface area contributed by atoms with E-state index in [2.05, 4.69) is 46.6 Å². The summed E-state index contributed by atoms with van der Waals surface area (Å²) < 4.78 is 37.4. The van der Waals surface area contributed by atoms with Crippen LogP contribution in [0.25, 0.3) is 0 Å². The molecule has 1 heterocycles. The van der Waals surface area contributed by atoms with E-state index in [4.69, 9.17) is 9.47 Å². The van der Waals surface area contributed by atoms with E-state index < -0.39 is 81.2 Å². The minimum absolute atomic E-state index is 0.0314. The molecule has 0 bridgehead atoms. The van der Waals surface area contributed by atoms with Crippen molar-refractivity contribution in [2.45, 2.75) is 181 Å². The lowest BCUT2D eigenvalue weighted by molar-refractivity contribution is -0.143. The van der Waals surface area contributed by atoms with Gasteiger partial charge in [0.05, 0.1) is 25.6 Å². The number of Topliss-reactive ketones (excluding diaryl/α,β-unsaturated/α-hetero) is 1. The predicted molar refractivity (Wildman–Crippen MR) is 253 cm³/mol. The van der Waals surface area contributed by atoms with Crippen LogP contribution in [-0.4, -0.2) is 144 Å². The molecule has 8 N–H and O–H groups in total. The van der Waals surface area contributed by atoms with Crippen molar-refractivity contribution in [2.75, 3.05) is 45.3 Å². The molecule has 23 nitrogen and oxygen atoms in total. The number of rotatable bonds is 43. The van der Waals surface area contributed by atoms with Gasteiger partial charge in [-0.3, -0.25) is 33.5 Å². The molecule has 0 radical (unpaired) electrons. The molecule has 0 aliphatic rings. The average Bonchev–Trinajstić information content (AvgIpc) is 3.80. The first-order chi connectivity index (χ1) is 32.8. The Balaban J connectivity index is 2.13. The van der Waals surface area contributed by atoms with E-state index in [0.717, 1.165) is 44.3 Å². The highest BCUT2D eigenvalue weighted by atomic mass is 32.2. The van der Waals surface area contributed by atoms with Crippen LogP contribution < -0.4 is 26.0 Å². The number of nitrogens with zero attached hydrogens (tertiary/aromatic N) is 3. The zero-order valence-corrected chi connectivity index (χ0v) is 41.7. The summed E-state index contributed by atoms with van der Waals surface area (Å²) in [6.07, 6.45) is 13.7. The molecule has 1 aromatic rings. The number of aryl methyl sites for hydroxylation is 1. The molecule has 0 spiro atoms. The predicted octanol–water partition coefficient (Wildman–Crippen LogP) is 2.79. The maximum atomic E-state index is 12.5. The number of ether oxygens (including phenoxy) is 2. The number of nitrogens with one attached hydrogen (secondary N) is 6. The lowest BCUT2D eigenvalue weighted by Gasteiger charge is -2.17. The molecule has 24 heteroatoms.